The third kappa shape index (κ3) is 5.25. The van der Waals surface area contributed by atoms with Crippen LogP contribution in [0.2, 0.25) is 0 Å². The third-order valence-corrected chi connectivity index (χ3v) is 5.91. The number of pyridine rings is 2. The largest absolute Gasteiger partial charge is 0.493 e. The van der Waals surface area contributed by atoms with Crippen LogP contribution < -0.4 is 9.47 Å². The van der Waals surface area contributed by atoms with Gasteiger partial charge in [0.2, 0.25) is 0 Å². The second kappa shape index (κ2) is 10.3. The van der Waals surface area contributed by atoms with Gasteiger partial charge in [-0.25, -0.2) is 0 Å². The zero-order valence-corrected chi connectivity index (χ0v) is 18.7. The molecule has 3 heterocycles. The highest BCUT2D eigenvalue weighted by Gasteiger charge is 2.27. The first-order valence-electron chi connectivity index (χ1n) is 11.0. The van der Waals surface area contributed by atoms with Crippen LogP contribution in [0.3, 0.4) is 0 Å². The summed E-state index contributed by atoms with van der Waals surface area (Å²) >= 11 is 0. The summed E-state index contributed by atoms with van der Waals surface area (Å²) < 4.78 is 11.5. The Hall–Kier alpha value is -3.41. The topological polar surface area (TPSA) is 64.5 Å². The van der Waals surface area contributed by atoms with E-state index in [4.69, 9.17) is 9.47 Å². The Balaban J connectivity index is 1.43. The summed E-state index contributed by atoms with van der Waals surface area (Å²) in [4.78, 5) is 23.9. The lowest BCUT2D eigenvalue weighted by Crippen LogP contribution is -2.39. The molecule has 0 aliphatic carbocycles. The Bertz CT molecular complexity index is 1050. The molecule has 166 valence electrons. The van der Waals surface area contributed by atoms with E-state index in [-0.39, 0.29) is 12.5 Å². The van der Waals surface area contributed by atoms with E-state index >= 15 is 0 Å². The van der Waals surface area contributed by atoms with Crippen molar-refractivity contribution in [3.63, 3.8) is 0 Å². The van der Waals surface area contributed by atoms with Gasteiger partial charge in [0.15, 0.2) is 11.5 Å². The van der Waals surface area contributed by atoms with Crippen LogP contribution in [0.15, 0.2) is 60.9 Å². The fraction of sp³-hybridized carbons (Fsp3) is 0.346. The average Bonchev–Trinajstić information content (AvgIpc) is 2.83. The van der Waals surface area contributed by atoms with E-state index in [0.717, 1.165) is 43.7 Å². The first-order valence-corrected chi connectivity index (χ1v) is 11.0. The molecular weight excluding hydrogens is 402 g/mol. The summed E-state index contributed by atoms with van der Waals surface area (Å²) in [6, 6.07) is 15.4. The summed E-state index contributed by atoms with van der Waals surface area (Å²) in [5, 5.41) is 0. The Kier molecular flexibility index (Phi) is 7.00. The Morgan fingerprint density at radius 3 is 2.62 bits per heavy atom. The van der Waals surface area contributed by atoms with Crippen molar-refractivity contribution in [1.82, 2.24) is 14.9 Å². The zero-order valence-electron chi connectivity index (χ0n) is 18.7. The van der Waals surface area contributed by atoms with Gasteiger partial charge in [-0.15, -0.1) is 0 Å². The Morgan fingerprint density at radius 1 is 1.06 bits per heavy atom. The number of nitrogens with zero attached hydrogens (tertiary/aromatic N) is 3. The number of para-hydroxylation sites is 1. The highest BCUT2D eigenvalue weighted by molar-refractivity contribution is 5.97. The number of carbonyl (C=O) groups excluding carboxylic acids is 1. The van der Waals surface area contributed by atoms with Gasteiger partial charge in [0.25, 0.3) is 5.91 Å². The summed E-state index contributed by atoms with van der Waals surface area (Å²) in [6.45, 7) is 3.77. The molecule has 3 aromatic rings. The number of benzene rings is 1. The maximum atomic E-state index is 13.4. The van der Waals surface area contributed by atoms with E-state index in [1.807, 2.05) is 54.4 Å². The number of carbonyl (C=O) groups is 1. The van der Waals surface area contributed by atoms with Crippen molar-refractivity contribution in [2.24, 2.45) is 5.92 Å². The van der Waals surface area contributed by atoms with Crippen molar-refractivity contribution in [2.75, 3.05) is 20.2 Å². The number of amides is 1. The highest BCUT2D eigenvalue weighted by Crippen LogP contribution is 2.33. The molecular formula is C26H29N3O3. The first-order chi connectivity index (χ1) is 15.6. The maximum Gasteiger partial charge on any atom is 0.257 e. The number of piperidine rings is 1. The minimum atomic E-state index is -0.0156. The van der Waals surface area contributed by atoms with Gasteiger partial charge in [-0.2, -0.15) is 0 Å². The van der Waals surface area contributed by atoms with E-state index in [1.54, 1.807) is 13.3 Å². The van der Waals surface area contributed by atoms with Gasteiger partial charge in [-0.05, 0) is 74.1 Å². The van der Waals surface area contributed by atoms with Gasteiger partial charge in [0.1, 0.15) is 6.61 Å². The lowest BCUT2D eigenvalue weighted by Gasteiger charge is -2.32. The standard InChI is InChI=1S/C26H29N3O3/c1-19-16-21(9-13-27-19)17-20-10-14-29(15-11-20)26(30)23-7-5-8-24(31-2)25(23)32-18-22-6-3-4-12-28-22/h3-9,12-13,16,20H,10-11,14-15,17-18H2,1-2H3. The van der Waals surface area contributed by atoms with Gasteiger partial charge in [-0.1, -0.05) is 12.1 Å². The van der Waals surface area contributed by atoms with Crippen LogP contribution in [0.1, 0.15) is 40.2 Å². The van der Waals surface area contributed by atoms with Crippen molar-refractivity contribution >= 4 is 5.91 Å². The number of rotatable bonds is 7. The smallest absolute Gasteiger partial charge is 0.257 e. The van der Waals surface area contributed by atoms with E-state index in [2.05, 4.69) is 22.1 Å². The minimum Gasteiger partial charge on any atom is -0.493 e. The highest BCUT2D eigenvalue weighted by atomic mass is 16.5. The predicted molar refractivity (Wildman–Crippen MR) is 123 cm³/mol. The molecule has 1 aliphatic rings. The van der Waals surface area contributed by atoms with E-state index in [0.29, 0.717) is 23.0 Å². The zero-order chi connectivity index (χ0) is 22.3. The second-order valence-corrected chi connectivity index (χ2v) is 8.19. The number of hydrogen-bond donors (Lipinski definition) is 0. The van der Waals surface area contributed by atoms with E-state index < -0.39 is 0 Å². The number of likely N-dealkylation sites (tertiary alicyclic amines) is 1. The fourth-order valence-corrected chi connectivity index (χ4v) is 4.20. The molecule has 0 spiro atoms. The Labute approximate surface area is 189 Å². The Morgan fingerprint density at radius 2 is 1.91 bits per heavy atom. The van der Waals surface area contributed by atoms with Gasteiger partial charge in [0.05, 0.1) is 18.4 Å². The first kappa shape index (κ1) is 21.8. The molecule has 1 saturated heterocycles. The van der Waals surface area contributed by atoms with Crippen molar-refractivity contribution in [3.05, 3.63) is 83.4 Å². The van der Waals surface area contributed by atoms with Crippen LogP contribution in [0, 0.1) is 12.8 Å². The van der Waals surface area contributed by atoms with Gasteiger partial charge in [-0.3, -0.25) is 14.8 Å². The summed E-state index contributed by atoms with van der Waals surface area (Å²) in [5.41, 5.74) is 3.69. The third-order valence-electron chi connectivity index (χ3n) is 5.91. The molecule has 1 fully saturated rings. The van der Waals surface area contributed by atoms with Gasteiger partial charge < -0.3 is 14.4 Å². The van der Waals surface area contributed by atoms with Crippen LogP contribution in [-0.2, 0) is 13.0 Å². The molecule has 1 aromatic carbocycles. The SMILES string of the molecule is COc1cccc(C(=O)N2CCC(Cc3ccnc(C)c3)CC2)c1OCc1ccccn1. The van der Waals surface area contributed by atoms with Gasteiger partial charge >= 0.3 is 0 Å². The summed E-state index contributed by atoms with van der Waals surface area (Å²) in [5.74, 6) is 1.58. The van der Waals surface area contributed by atoms with Crippen LogP contribution in [0.5, 0.6) is 11.5 Å². The molecule has 1 amide bonds. The second-order valence-electron chi connectivity index (χ2n) is 8.19. The monoisotopic (exact) mass is 431 g/mol. The minimum absolute atomic E-state index is 0.0156. The quantitative estimate of drug-likeness (QED) is 0.552. The molecule has 6 nitrogen and oxygen atoms in total. The number of hydrogen-bond acceptors (Lipinski definition) is 5. The van der Waals surface area contributed by atoms with Crippen molar-refractivity contribution in [2.45, 2.75) is 32.8 Å². The molecule has 32 heavy (non-hydrogen) atoms. The van der Waals surface area contributed by atoms with Gasteiger partial charge in [0, 0.05) is 31.2 Å². The van der Waals surface area contributed by atoms with Crippen LogP contribution in [0.25, 0.3) is 0 Å². The number of aryl methyl sites for hydroxylation is 1. The molecule has 0 saturated carbocycles. The van der Waals surface area contributed by atoms with E-state index in [9.17, 15) is 4.79 Å². The van der Waals surface area contributed by atoms with Crippen molar-refractivity contribution < 1.29 is 14.3 Å². The lowest BCUT2D eigenvalue weighted by molar-refractivity contribution is 0.0685. The average molecular weight is 432 g/mol. The molecule has 0 atom stereocenters. The normalized spacial score (nSPS) is 14.2. The van der Waals surface area contributed by atoms with Crippen molar-refractivity contribution in [3.8, 4) is 11.5 Å². The number of methoxy groups -OCH3 is 1. The molecule has 0 unspecified atom stereocenters. The molecule has 1 aliphatic heterocycles. The van der Waals surface area contributed by atoms with Crippen LogP contribution in [0.4, 0.5) is 0 Å². The number of aromatic nitrogens is 2. The molecule has 0 radical (unpaired) electrons. The fourth-order valence-electron chi connectivity index (χ4n) is 4.20. The van der Waals surface area contributed by atoms with Crippen molar-refractivity contribution in [1.29, 1.82) is 0 Å². The summed E-state index contributed by atoms with van der Waals surface area (Å²) in [7, 11) is 1.59. The molecule has 4 rings (SSSR count). The number of ether oxygens (including phenoxy) is 2. The molecule has 0 N–H and O–H groups in total. The van der Waals surface area contributed by atoms with Crippen LogP contribution in [-0.4, -0.2) is 41.0 Å². The lowest BCUT2D eigenvalue weighted by atomic mass is 9.90. The molecule has 2 aromatic heterocycles. The predicted octanol–water partition coefficient (Wildman–Crippen LogP) is 4.47. The van der Waals surface area contributed by atoms with E-state index in [1.165, 1.54) is 5.56 Å². The van der Waals surface area contributed by atoms with Crippen LogP contribution >= 0.6 is 0 Å². The summed E-state index contributed by atoms with van der Waals surface area (Å²) in [6.07, 6.45) is 6.61. The molecule has 6 heteroatoms. The maximum absolute atomic E-state index is 13.4. The molecule has 0 bridgehead atoms.